The second-order valence-corrected chi connectivity index (χ2v) is 12.7. The molecule has 1 aromatic heterocycles. The molecule has 2 heteroatoms. The van der Waals surface area contributed by atoms with Gasteiger partial charge in [0.25, 0.3) is 0 Å². The molecule has 0 unspecified atom stereocenters. The first-order valence-corrected chi connectivity index (χ1v) is 17.5. The maximum atomic E-state index is 5.68. The van der Waals surface area contributed by atoms with E-state index < -0.39 is 0 Å². The number of unbranched alkanes of at least 4 members (excludes halogenated alkanes) is 10. The first-order valence-electron chi connectivity index (χ1n) is 16.7. The van der Waals surface area contributed by atoms with Crippen molar-refractivity contribution in [3.05, 3.63) is 15.6 Å². The Hall–Kier alpha value is -0.370. The summed E-state index contributed by atoms with van der Waals surface area (Å²) in [4.78, 5) is 7.41. The van der Waals surface area contributed by atoms with E-state index in [4.69, 9.17) is 4.98 Å². The van der Waals surface area contributed by atoms with Gasteiger partial charge in [-0.2, -0.15) is 0 Å². The standard InChI is InChI=1S/C34H65NS/c1-7-13-19-22-27-29(26-20-14-8-2)32-33(30(23-16-10-4)24-17-11-5)36-34(35-32)31(25-18-12-6)28-21-15-9-3/h29-31H,7-28H2,1-6H3/t29-,31+/m0/s1. The number of thiazole rings is 1. The molecule has 1 rings (SSSR count). The summed E-state index contributed by atoms with van der Waals surface area (Å²) in [6.07, 6.45) is 29.9. The van der Waals surface area contributed by atoms with Crippen LogP contribution in [-0.4, -0.2) is 4.98 Å². The van der Waals surface area contributed by atoms with Crippen molar-refractivity contribution in [2.24, 2.45) is 0 Å². The number of aromatic nitrogens is 1. The predicted molar refractivity (Wildman–Crippen MR) is 166 cm³/mol. The average Bonchev–Trinajstić information content (AvgIpc) is 3.32. The van der Waals surface area contributed by atoms with E-state index in [0.29, 0.717) is 11.8 Å². The van der Waals surface area contributed by atoms with Gasteiger partial charge in [-0.25, -0.2) is 4.98 Å². The fraction of sp³-hybridized carbons (Fsp3) is 0.912. The first kappa shape index (κ1) is 33.7. The lowest BCUT2D eigenvalue weighted by atomic mass is 9.86. The van der Waals surface area contributed by atoms with Crippen molar-refractivity contribution in [1.29, 1.82) is 0 Å². The third-order valence-corrected chi connectivity index (χ3v) is 9.64. The van der Waals surface area contributed by atoms with Crippen LogP contribution < -0.4 is 0 Å². The molecule has 0 amide bonds. The molecular weight excluding hydrogens is 454 g/mol. The summed E-state index contributed by atoms with van der Waals surface area (Å²) in [5.41, 5.74) is 1.58. The first-order chi connectivity index (χ1) is 17.7. The van der Waals surface area contributed by atoms with Crippen molar-refractivity contribution in [2.45, 2.75) is 201 Å². The van der Waals surface area contributed by atoms with Crippen molar-refractivity contribution in [1.82, 2.24) is 4.98 Å². The molecule has 2 atom stereocenters. The van der Waals surface area contributed by atoms with Gasteiger partial charge in [-0.3, -0.25) is 0 Å². The maximum Gasteiger partial charge on any atom is 0.0962 e. The fourth-order valence-corrected chi connectivity index (χ4v) is 7.28. The molecule has 1 heterocycles. The van der Waals surface area contributed by atoms with Gasteiger partial charge < -0.3 is 0 Å². The zero-order valence-electron chi connectivity index (χ0n) is 25.6. The number of rotatable bonds is 25. The summed E-state index contributed by atoms with van der Waals surface area (Å²) in [6, 6.07) is 0. The second-order valence-electron chi connectivity index (χ2n) is 11.7. The van der Waals surface area contributed by atoms with Crippen LogP contribution in [0.5, 0.6) is 0 Å². The molecule has 212 valence electrons. The molecule has 0 N–H and O–H groups in total. The van der Waals surface area contributed by atoms with Crippen LogP contribution in [0.25, 0.3) is 0 Å². The summed E-state index contributed by atoms with van der Waals surface area (Å²) >= 11 is 2.19. The van der Waals surface area contributed by atoms with Gasteiger partial charge in [0.1, 0.15) is 0 Å². The Kier molecular flexibility index (Phi) is 21.1. The molecule has 0 bridgehead atoms. The summed E-state index contributed by atoms with van der Waals surface area (Å²) in [5.74, 6) is 2.14. The van der Waals surface area contributed by atoms with Gasteiger partial charge in [-0.15, -0.1) is 11.3 Å². The molecule has 0 aliphatic rings. The van der Waals surface area contributed by atoms with E-state index in [-0.39, 0.29) is 0 Å². The van der Waals surface area contributed by atoms with Gasteiger partial charge in [-0.1, -0.05) is 144 Å². The average molecular weight is 520 g/mol. The van der Waals surface area contributed by atoms with Crippen LogP contribution in [0.4, 0.5) is 0 Å². The number of hydrogen-bond acceptors (Lipinski definition) is 2. The Balaban J connectivity index is 3.37. The molecule has 0 aliphatic heterocycles. The van der Waals surface area contributed by atoms with E-state index >= 15 is 0 Å². The van der Waals surface area contributed by atoms with Crippen molar-refractivity contribution in [3.63, 3.8) is 0 Å². The highest BCUT2D eigenvalue weighted by atomic mass is 32.1. The molecule has 36 heavy (non-hydrogen) atoms. The van der Waals surface area contributed by atoms with Crippen molar-refractivity contribution in [3.8, 4) is 0 Å². The third-order valence-electron chi connectivity index (χ3n) is 8.24. The predicted octanol–water partition coefficient (Wildman–Crippen LogP) is 13.1. The highest BCUT2D eigenvalue weighted by Crippen LogP contribution is 2.43. The van der Waals surface area contributed by atoms with E-state index in [9.17, 15) is 0 Å². The second kappa shape index (κ2) is 22.6. The van der Waals surface area contributed by atoms with Gasteiger partial charge in [0.05, 0.1) is 10.7 Å². The smallest absolute Gasteiger partial charge is 0.0962 e. The lowest BCUT2D eigenvalue weighted by Gasteiger charge is -2.21. The Morgan fingerprint density at radius 1 is 0.444 bits per heavy atom. The Labute approximate surface area is 232 Å². The highest BCUT2D eigenvalue weighted by molar-refractivity contribution is 7.12. The van der Waals surface area contributed by atoms with Crippen LogP contribution in [0.15, 0.2) is 0 Å². The molecular formula is C34H65NS. The molecule has 0 radical (unpaired) electrons. The summed E-state index contributed by atoms with van der Waals surface area (Å²) in [5, 5.41) is 1.52. The normalized spacial score (nSPS) is 13.5. The van der Waals surface area contributed by atoms with E-state index in [1.54, 1.807) is 10.6 Å². The van der Waals surface area contributed by atoms with Crippen LogP contribution in [0, 0.1) is 0 Å². The molecule has 1 nitrogen and oxygen atoms in total. The van der Waals surface area contributed by atoms with Gasteiger partial charge in [-0.05, 0) is 44.4 Å². The van der Waals surface area contributed by atoms with Gasteiger partial charge in [0, 0.05) is 16.7 Å². The molecule has 0 spiro atoms. The Morgan fingerprint density at radius 2 is 0.833 bits per heavy atom. The monoisotopic (exact) mass is 519 g/mol. The summed E-state index contributed by atoms with van der Waals surface area (Å²) in [6.45, 7) is 14.1. The van der Waals surface area contributed by atoms with E-state index in [2.05, 4.69) is 52.9 Å². The SMILES string of the molecule is CCCCCC[C@H](CCCCC)c1nc([C@H](CCCC)CCCCC)sc1C(CCCC)CCCC. The van der Waals surface area contributed by atoms with Crippen LogP contribution in [0.3, 0.4) is 0 Å². The van der Waals surface area contributed by atoms with Crippen molar-refractivity contribution in [2.75, 3.05) is 0 Å². The largest absolute Gasteiger partial charge is 0.245 e. The minimum atomic E-state index is 0.696. The number of nitrogens with zero attached hydrogens (tertiary/aromatic N) is 1. The van der Waals surface area contributed by atoms with E-state index in [1.807, 2.05) is 0 Å². The molecule has 0 aliphatic carbocycles. The Morgan fingerprint density at radius 3 is 1.33 bits per heavy atom. The van der Waals surface area contributed by atoms with Crippen LogP contribution in [0.1, 0.15) is 216 Å². The van der Waals surface area contributed by atoms with Crippen molar-refractivity contribution >= 4 is 11.3 Å². The topological polar surface area (TPSA) is 12.9 Å². The number of hydrogen-bond donors (Lipinski definition) is 0. The highest BCUT2D eigenvalue weighted by Gasteiger charge is 2.27. The molecule has 0 fully saturated rings. The van der Waals surface area contributed by atoms with Gasteiger partial charge in [0.2, 0.25) is 0 Å². The van der Waals surface area contributed by atoms with E-state index in [1.165, 1.54) is 146 Å². The van der Waals surface area contributed by atoms with Crippen LogP contribution >= 0.6 is 11.3 Å². The van der Waals surface area contributed by atoms with Gasteiger partial charge in [0.15, 0.2) is 0 Å². The zero-order chi connectivity index (χ0) is 26.4. The third kappa shape index (κ3) is 13.4. The summed E-state index contributed by atoms with van der Waals surface area (Å²) < 4.78 is 0. The quantitative estimate of drug-likeness (QED) is 0.117. The minimum absolute atomic E-state index is 0.696. The lowest BCUT2D eigenvalue weighted by Crippen LogP contribution is -2.08. The molecule has 1 aromatic rings. The molecule has 0 saturated carbocycles. The minimum Gasteiger partial charge on any atom is -0.245 e. The van der Waals surface area contributed by atoms with E-state index in [0.717, 1.165) is 5.92 Å². The zero-order valence-corrected chi connectivity index (χ0v) is 26.5. The van der Waals surface area contributed by atoms with Gasteiger partial charge >= 0.3 is 0 Å². The van der Waals surface area contributed by atoms with Crippen LogP contribution in [0.2, 0.25) is 0 Å². The lowest BCUT2D eigenvalue weighted by molar-refractivity contribution is 0.474. The molecule has 0 saturated heterocycles. The maximum absolute atomic E-state index is 5.68. The Bertz CT molecular complexity index is 598. The van der Waals surface area contributed by atoms with Crippen molar-refractivity contribution < 1.29 is 0 Å². The summed E-state index contributed by atoms with van der Waals surface area (Å²) in [7, 11) is 0. The molecule has 0 aromatic carbocycles. The van der Waals surface area contributed by atoms with Crippen LogP contribution in [-0.2, 0) is 0 Å². The fourth-order valence-electron chi connectivity index (χ4n) is 5.79.